The van der Waals surface area contributed by atoms with E-state index >= 15 is 0 Å². The zero-order valence-corrected chi connectivity index (χ0v) is 15.2. The summed E-state index contributed by atoms with van der Waals surface area (Å²) >= 11 is 0. The molecule has 0 saturated carbocycles. The number of nitrogens with zero attached hydrogens (tertiary/aromatic N) is 3. The molecule has 2 aromatic heterocycles. The van der Waals surface area contributed by atoms with E-state index in [0.29, 0.717) is 12.5 Å². The Labute approximate surface area is 157 Å². The van der Waals surface area contributed by atoms with Crippen LogP contribution in [0.3, 0.4) is 0 Å². The molecule has 1 saturated heterocycles. The van der Waals surface area contributed by atoms with Crippen LogP contribution < -0.4 is 10.3 Å². The highest BCUT2D eigenvalue weighted by Gasteiger charge is 2.10. The summed E-state index contributed by atoms with van der Waals surface area (Å²) in [5.74, 6) is 0.587. The van der Waals surface area contributed by atoms with Crippen molar-refractivity contribution in [2.75, 3.05) is 26.2 Å². The molecule has 140 valence electrons. The summed E-state index contributed by atoms with van der Waals surface area (Å²) in [5, 5.41) is 10.3. The van der Waals surface area contributed by atoms with Crippen molar-refractivity contribution in [3.63, 3.8) is 0 Å². The smallest absolute Gasteiger partial charge is 0.258 e. The molecule has 27 heavy (non-hydrogen) atoms. The third-order valence-electron chi connectivity index (χ3n) is 4.90. The number of rotatable bonds is 6. The van der Waals surface area contributed by atoms with Crippen molar-refractivity contribution in [1.82, 2.24) is 14.5 Å². The Balaban J connectivity index is 1.44. The van der Waals surface area contributed by atoms with E-state index in [1.165, 1.54) is 42.6 Å². The van der Waals surface area contributed by atoms with Crippen molar-refractivity contribution in [2.24, 2.45) is 0 Å². The van der Waals surface area contributed by atoms with Gasteiger partial charge in [0.2, 0.25) is 5.88 Å². The summed E-state index contributed by atoms with van der Waals surface area (Å²) in [6.45, 7) is 4.16. The van der Waals surface area contributed by atoms with Gasteiger partial charge in [0.15, 0.2) is 0 Å². The summed E-state index contributed by atoms with van der Waals surface area (Å²) in [6, 6.07) is 12.1. The van der Waals surface area contributed by atoms with Crippen LogP contribution in [0.15, 0.2) is 53.5 Å². The van der Waals surface area contributed by atoms with Gasteiger partial charge in [0.05, 0.1) is 12.1 Å². The second-order valence-electron chi connectivity index (χ2n) is 6.87. The molecule has 1 fully saturated rings. The molecule has 0 atom stereocenters. The first-order valence-corrected chi connectivity index (χ1v) is 9.37. The Hall–Kier alpha value is -2.86. The number of likely N-dealkylation sites (tertiary alicyclic amines) is 1. The monoisotopic (exact) mass is 365 g/mol. The maximum Gasteiger partial charge on any atom is 0.258 e. The molecule has 0 aliphatic carbocycles. The van der Waals surface area contributed by atoms with Crippen molar-refractivity contribution >= 4 is 10.9 Å². The summed E-state index contributed by atoms with van der Waals surface area (Å²) in [6.07, 6.45) is 5.18. The normalized spacial score (nSPS) is 14.7. The Bertz CT molecular complexity index is 993. The number of benzene rings is 1. The summed E-state index contributed by atoms with van der Waals surface area (Å²) in [7, 11) is 0. The SMILES string of the molecule is O=c1cc(O)ccn1-c1ccc2nc(OCCCN3CCCC3)ccc2c1. The zero-order chi connectivity index (χ0) is 18.6. The summed E-state index contributed by atoms with van der Waals surface area (Å²) in [5.41, 5.74) is 1.27. The first kappa shape index (κ1) is 17.5. The highest BCUT2D eigenvalue weighted by molar-refractivity contribution is 5.81. The predicted molar refractivity (Wildman–Crippen MR) is 105 cm³/mol. The molecular formula is C21H23N3O3. The van der Waals surface area contributed by atoms with Crippen LogP contribution in [-0.4, -0.2) is 45.8 Å². The van der Waals surface area contributed by atoms with Gasteiger partial charge < -0.3 is 14.7 Å². The molecule has 0 bridgehead atoms. The van der Waals surface area contributed by atoms with E-state index in [-0.39, 0.29) is 11.3 Å². The zero-order valence-electron chi connectivity index (χ0n) is 15.2. The number of pyridine rings is 2. The fourth-order valence-corrected chi connectivity index (χ4v) is 3.48. The number of aromatic nitrogens is 2. The van der Waals surface area contributed by atoms with Gasteiger partial charge in [-0.3, -0.25) is 9.36 Å². The van der Waals surface area contributed by atoms with E-state index in [9.17, 15) is 9.90 Å². The highest BCUT2D eigenvalue weighted by Crippen LogP contribution is 2.20. The number of hydrogen-bond acceptors (Lipinski definition) is 5. The molecule has 6 heteroatoms. The summed E-state index contributed by atoms with van der Waals surface area (Å²) < 4.78 is 7.29. The van der Waals surface area contributed by atoms with Gasteiger partial charge >= 0.3 is 0 Å². The molecule has 0 unspecified atom stereocenters. The van der Waals surface area contributed by atoms with Crippen molar-refractivity contribution in [1.29, 1.82) is 0 Å². The Morgan fingerprint density at radius 1 is 1.07 bits per heavy atom. The van der Waals surface area contributed by atoms with Gasteiger partial charge in [-0.25, -0.2) is 4.98 Å². The Morgan fingerprint density at radius 3 is 2.74 bits per heavy atom. The van der Waals surface area contributed by atoms with Gasteiger partial charge in [0.1, 0.15) is 5.75 Å². The van der Waals surface area contributed by atoms with Crippen LogP contribution in [0.2, 0.25) is 0 Å². The molecule has 0 amide bonds. The van der Waals surface area contributed by atoms with Gasteiger partial charge in [-0.2, -0.15) is 0 Å². The van der Waals surface area contributed by atoms with E-state index in [1.807, 2.05) is 30.3 Å². The molecule has 0 radical (unpaired) electrons. The molecule has 0 spiro atoms. The van der Waals surface area contributed by atoms with Crippen molar-refractivity contribution in [3.05, 3.63) is 59.0 Å². The Kier molecular flexibility index (Phi) is 5.07. The van der Waals surface area contributed by atoms with Crippen LogP contribution in [0.25, 0.3) is 16.6 Å². The van der Waals surface area contributed by atoms with Crippen molar-refractivity contribution in [3.8, 4) is 17.3 Å². The number of ether oxygens (including phenoxy) is 1. The molecule has 1 aliphatic heterocycles. The average molecular weight is 365 g/mol. The van der Waals surface area contributed by atoms with E-state index in [0.717, 1.165) is 29.6 Å². The summed E-state index contributed by atoms with van der Waals surface area (Å²) in [4.78, 5) is 19.1. The van der Waals surface area contributed by atoms with E-state index in [4.69, 9.17) is 4.74 Å². The molecule has 3 aromatic rings. The van der Waals surface area contributed by atoms with Crippen LogP contribution in [-0.2, 0) is 0 Å². The molecule has 4 rings (SSSR count). The maximum absolute atomic E-state index is 12.0. The minimum absolute atomic E-state index is 0.0368. The Morgan fingerprint density at radius 2 is 1.93 bits per heavy atom. The third-order valence-corrected chi connectivity index (χ3v) is 4.90. The standard InChI is InChI=1S/C21H23N3O3/c25-18-8-12-24(21(26)15-18)17-5-6-19-16(14-17)4-7-20(22-19)27-13-3-11-23-9-1-2-10-23/h4-8,12,14-15,25H,1-3,9-11,13H2. The minimum Gasteiger partial charge on any atom is -0.508 e. The molecule has 1 aromatic carbocycles. The molecular weight excluding hydrogens is 342 g/mol. The van der Waals surface area contributed by atoms with Gasteiger partial charge in [-0.1, -0.05) is 0 Å². The highest BCUT2D eigenvalue weighted by atomic mass is 16.5. The van der Waals surface area contributed by atoms with E-state index < -0.39 is 0 Å². The quantitative estimate of drug-likeness (QED) is 0.680. The molecule has 3 heterocycles. The van der Waals surface area contributed by atoms with Gasteiger partial charge in [-0.05, 0) is 62.7 Å². The van der Waals surface area contributed by atoms with Crippen LogP contribution in [0.5, 0.6) is 11.6 Å². The van der Waals surface area contributed by atoms with Gasteiger partial charge in [0, 0.05) is 35.9 Å². The number of fused-ring (bicyclic) bond motifs is 1. The van der Waals surface area contributed by atoms with Crippen LogP contribution in [0.1, 0.15) is 19.3 Å². The van der Waals surface area contributed by atoms with Crippen LogP contribution in [0.4, 0.5) is 0 Å². The second-order valence-corrected chi connectivity index (χ2v) is 6.87. The number of hydrogen-bond donors (Lipinski definition) is 1. The topological polar surface area (TPSA) is 67.6 Å². The predicted octanol–water partition coefficient (Wildman–Crippen LogP) is 2.96. The first-order valence-electron chi connectivity index (χ1n) is 9.37. The lowest BCUT2D eigenvalue weighted by Crippen LogP contribution is -2.22. The fraction of sp³-hybridized carbons (Fsp3) is 0.333. The minimum atomic E-state index is -0.278. The molecule has 1 aliphatic rings. The average Bonchev–Trinajstić information content (AvgIpc) is 3.18. The lowest BCUT2D eigenvalue weighted by atomic mass is 10.2. The lowest BCUT2D eigenvalue weighted by molar-refractivity contribution is 0.257. The molecule has 1 N–H and O–H groups in total. The van der Waals surface area contributed by atoms with E-state index in [1.54, 1.807) is 6.20 Å². The largest absolute Gasteiger partial charge is 0.508 e. The lowest BCUT2D eigenvalue weighted by Gasteiger charge is -2.14. The van der Waals surface area contributed by atoms with Crippen molar-refractivity contribution < 1.29 is 9.84 Å². The molecule has 6 nitrogen and oxygen atoms in total. The van der Waals surface area contributed by atoms with Gasteiger partial charge in [0.25, 0.3) is 5.56 Å². The van der Waals surface area contributed by atoms with Crippen LogP contribution in [0, 0.1) is 0 Å². The van der Waals surface area contributed by atoms with Crippen LogP contribution >= 0.6 is 0 Å². The maximum atomic E-state index is 12.0. The first-order chi connectivity index (χ1) is 13.2. The fourth-order valence-electron chi connectivity index (χ4n) is 3.48. The van der Waals surface area contributed by atoms with Gasteiger partial charge in [-0.15, -0.1) is 0 Å². The number of aromatic hydroxyl groups is 1. The third kappa shape index (κ3) is 4.11. The second kappa shape index (κ2) is 7.80. The van der Waals surface area contributed by atoms with E-state index in [2.05, 4.69) is 9.88 Å². The van der Waals surface area contributed by atoms with Crippen molar-refractivity contribution in [2.45, 2.75) is 19.3 Å².